The van der Waals surface area contributed by atoms with Gasteiger partial charge in [-0.3, -0.25) is 14.5 Å². The van der Waals surface area contributed by atoms with Crippen LogP contribution in [0.2, 0.25) is 0 Å². The van der Waals surface area contributed by atoms with E-state index in [9.17, 15) is 4.79 Å². The van der Waals surface area contributed by atoms with Crippen LogP contribution in [0.15, 0.2) is 24.4 Å². The molecule has 1 fully saturated rings. The minimum absolute atomic E-state index is 0.168. The summed E-state index contributed by atoms with van der Waals surface area (Å²) >= 11 is 0. The summed E-state index contributed by atoms with van der Waals surface area (Å²) in [4.78, 5) is 12.2. The number of amides is 1. The number of carbonyl (C=O) groups excluding carboxylic acids is 1. The highest BCUT2D eigenvalue weighted by Crippen LogP contribution is 2.28. The van der Waals surface area contributed by atoms with Gasteiger partial charge >= 0.3 is 0 Å². The fraction of sp³-hybridized carbons (Fsp3) is 0.417. The molecule has 0 aliphatic heterocycles. The molecular weight excluding hydrogens is 230 g/mol. The third-order valence-corrected chi connectivity index (χ3v) is 3.49. The lowest BCUT2D eigenvalue weighted by molar-refractivity contribution is -0.121. The van der Waals surface area contributed by atoms with Gasteiger partial charge in [-0.05, 0) is 25.0 Å². The number of fused-ring (bicyclic) bond motifs is 1. The molecule has 94 valence electrons. The molecule has 0 radical (unpaired) electrons. The smallest absolute Gasteiger partial charge is 0.246 e. The highest BCUT2D eigenvalue weighted by atomic mass is 16.2. The molecule has 0 atom stereocenters. The Morgan fingerprint density at radius 3 is 2.89 bits per heavy atom. The molecule has 18 heavy (non-hydrogen) atoms. The maximum atomic E-state index is 12.2. The van der Waals surface area contributed by atoms with Gasteiger partial charge in [-0.2, -0.15) is 0 Å². The van der Waals surface area contributed by atoms with Gasteiger partial charge in [-0.25, -0.2) is 0 Å². The highest BCUT2D eigenvalue weighted by Gasteiger charge is 2.37. The highest BCUT2D eigenvalue weighted by molar-refractivity contribution is 5.97. The molecular formula is C12H15N5O. The zero-order chi connectivity index (χ0) is 12.6. The van der Waals surface area contributed by atoms with Crippen LogP contribution in [0.1, 0.15) is 25.7 Å². The van der Waals surface area contributed by atoms with Gasteiger partial charge in [0.2, 0.25) is 11.9 Å². The van der Waals surface area contributed by atoms with Crippen LogP contribution in [0, 0.1) is 0 Å². The number of carbonyl (C=O) groups is 1. The Morgan fingerprint density at radius 1 is 1.33 bits per heavy atom. The average Bonchev–Trinajstić information content (AvgIpc) is 2.98. The van der Waals surface area contributed by atoms with E-state index >= 15 is 0 Å². The summed E-state index contributed by atoms with van der Waals surface area (Å²) < 4.78 is 1.73. The van der Waals surface area contributed by atoms with Crippen LogP contribution in [0.4, 0.5) is 5.95 Å². The van der Waals surface area contributed by atoms with Crippen LogP contribution in [-0.2, 0) is 4.79 Å². The molecule has 2 heterocycles. The van der Waals surface area contributed by atoms with Crippen LogP contribution < -0.4 is 11.1 Å². The fourth-order valence-electron chi connectivity index (χ4n) is 2.39. The summed E-state index contributed by atoms with van der Waals surface area (Å²) in [5.41, 5.74) is 6.04. The zero-order valence-electron chi connectivity index (χ0n) is 9.97. The van der Waals surface area contributed by atoms with Crippen LogP contribution in [-0.4, -0.2) is 26.0 Å². The number of anilines is 1. The molecule has 1 amide bonds. The van der Waals surface area contributed by atoms with Crippen LogP contribution in [0.3, 0.4) is 0 Å². The maximum Gasteiger partial charge on any atom is 0.246 e. The van der Waals surface area contributed by atoms with Gasteiger partial charge in [0, 0.05) is 6.20 Å². The molecule has 0 spiro atoms. The molecule has 3 N–H and O–H groups in total. The second-order valence-corrected chi connectivity index (χ2v) is 4.77. The molecule has 0 bridgehead atoms. The van der Waals surface area contributed by atoms with Crippen molar-refractivity contribution in [2.24, 2.45) is 5.73 Å². The Kier molecular flexibility index (Phi) is 2.52. The molecule has 0 unspecified atom stereocenters. The van der Waals surface area contributed by atoms with Crippen LogP contribution >= 0.6 is 0 Å². The largest absolute Gasteiger partial charge is 0.317 e. The molecule has 3 rings (SSSR count). The van der Waals surface area contributed by atoms with E-state index in [-0.39, 0.29) is 5.91 Å². The summed E-state index contributed by atoms with van der Waals surface area (Å²) in [6, 6.07) is 5.56. The van der Waals surface area contributed by atoms with E-state index in [4.69, 9.17) is 5.73 Å². The Bertz CT molecular complexity index is 585. The molecule has 6 heteroatoms. The lowest BCUT2D eigenvalue weighted by Crippen LogP contribution is -2.48. The van der Waals surface area contributed by atoms with Gasteiger partial charge in [0.1, 0.15) is 0 Å². The van der Waals surface area contributed by atoms with Crippen molar-refractivity contribution in [1.82, 2.24) is 14.6 Å². The first kappa shape index (κ1) is 11.2. The van der Waals surface area contributed by atoms with Crippen molar-refractivity contribution in [3.8, 4) is 0 Å². The molecule has 0 aromatic carbocycles. The first-order valence-electron chi connectivity index (χ1n) is 6.09. The molecule has 1 aliphatic carbocycles. The number of rotatable bonds is 2. The fourth-order valence-corrected chi connectivity index (χ4v) is 2.39. The van der Waals surface area contributed by atoms with Gasteiger partial charge in [0.15, 0.2) is 5.65 Å². The predicted octanol–water partition coefficient (Wildman–Crippen LogP) is 0.939. The van der Waals surface area contributed by atoms with Gasteiger partial charge in [0.25, 0.3) is 0 Å². The van der Waals surface area contributed by atoms with E-state index in [0.29, 0.717) is 11.6 Å². The number of pyridine rings is 1. The molecule has 2 aromatic heterocycles. The number of nitrogens with zero attached hydrogens (tertiary/aromatic N) is 3. The standard InChI is InChI=1S/C12H15N5O/c13-12(6-2-3-7-12)10(18)14-11-16-15-9-5-1-4-8-17(9)11/h1,4-5,8H,2-3,6-7,13H2,(H,14,16,18). The second-order valence-electron chi connectivity index (χ2n) is 4.77. The number of hydrogen-bond donors (Lipinski definition) is 2. The molecule has 1 aliphatic rings. The lowest BCUT2D eigenvalue weighted by atomic mass is 9.98. The molecule has 0 saturated heterocycles. The number of aromatic nitrogens is 3. The predicted molar refractivity (Wildman–Crippen MR) is 67.0 cm³/mol. The van der Waals surface area contributed by atoms with Crippen LogP contribution in [0.5, 0.6) is 0 Å². The summed E-state index contributed by atoms with van der Waals surface area (Å²) in [5, 5.41) is 10.7. The maximum absolute atomic E-state index is 12.2. The van der Waals surface area contributed by atoms with E-state index in [1.165, 1.54) is 0 Å². The molecule has 6 nitrogen and oxygen atoms in total. The van der Waals surface area contributed by atoms with E-state index < -0.39 is 5.54 Å². The topological polar surface area (TPSA) is 85.3 Å². The van der Waals surface area contributed by atoms with Crippen molar-refractivity contribution in [2.45, 2.75) is 31.2 Å². The quantitative estimate of drug-likeness (QED) is 0.824. The Hall–Kier alpha value is -1.95. The Labute approximate surface area is 104 Å². The van der Waals surface area contributed by atoms with Crippen molar-refractivity contribution < 1.29 is 4.79 Å². The summed E-state index contributed by atoms with van der Waals surface area (Å²) in [7, 11) is 0. The van der Waals surface area contributed by atoms with Crippen molar-refractivity contribution >= 4 is 17.5 Å². The minimum atomic E-state index is -0.749. The van der Waals surface area contributed by atoms with Gasteiger partial charge in [-0.15, -0.1) is 10.2 Å². The van der Waals surface area contributed by atoms with Crippen molar-refractivity contribution in [3.05, 3.63) is 24.4 Å². The first-order valence-corrected chi connectivity index (χ1v) is 6.09. The Morgan fingerprint density at radius 2 is 2.11 bits per heavy atom. The van der Waals surface area contributed by atoms with Crippen molar-refractivity contribution in [1.29, 1.82) is 0 Å². The first-order chi connectivity index (χ1) is 8.69. The second kappa shape index (κ2) is 4.06. The number of nitrogens with one attached hydrogen (secondary N) is 1. The minimum Gasteiger partial charge on any atom is -0.317 e. The number of hydrogen-bond acceptors (Lipinski definition) is 4. The van der Waals surface area contributed by atoms with Gasteiger partial charge < -0.3 is 5.73 Å². The monoisotopic (exact) mass is 245 g/mol. The van der Waals surface area contributed by atoms with Crippen LogP contribution in [0.25, 0.3) is 5.65 Å². The van der Waals surface area contributed by atoms with E-state index in [0.717, 1.165) is 25.7 Å². The van der Waals surface area contributed by atoms with E-state index in [1.807, 2.05) is 24.4 Å². The third-order valence-electron chi connectivity index (χ3n) is 3.49. The Balaban J connectivity index is 1.86. The normalized spacial score (nSPS) is 18.1. The van der Waals surface area contributed by atoms with Gasteiger partial charge in [0.05, 0.1) is 5.54 Å². The zero-order valence-corrected chi connectivity index (χ0v) is 9.97. The lowest BCUT2D eigenvalue weighted by Gasteiger charge is -2.21. The summed E-state index contributed by atoms with van der Waals surface area (Å²) in [6.07, 6.45) is 5.28. The van der Waals surface area contributed by atoms with Crippen molar-refractivity contribution in [3.63, 3.8) is 0 Å². The van der Waals surface area contributed by atoms with E-state index in [1.54, 1.807) is 4.40 Å². The van der Waals surface area contributed by atoms with Crippen molar-refractivity contribution in [2.75, 3.05) is 5.32 Å². The van der Waals surface area contributed by atoms with E-state index in [2.05, 4.69) is 15.5 Å². The SMILES string of the molecule is NC1(C(=O)Nc2nnc3ccccn23)CCCC1. The molecule has 1 saturated carbocycles. The molecule has 2 aromatic rings. The summed E-state index contributed by atoms with van der Waals surface area (Å²) in [5.74, 6) is 0.255. The average molecular weight is 245 g/mol. The third kappa shape index (κ3) is 1.74. The van der Waals surface area contributed by atoms with Gasteiger partial charge in [-0.1, -0.05) is 18.9 Å². The summed E-state index contributed by atoms with van der Waals surface area (Å²) in [6.45, 7) is 0. The number of nitrogens with two attached hydrogens (primary N) is 1.